The molecule has 3 unspecified atom stereocenters. The fraction of sp³-hybridized carbons (Fsp3) is 0.478. The SMILES string of the molecule is COc1cccc(C2(O)CCC(NCc3ccccc3)CC2CN(C)C)c1.Cl.Cl. The average Bonchev–Trinajstić information content (AvgIpc) is 2.69. The van der Waals surface area contributed by atoms with Gasteiger partial charge in [-0.3, -0.25) is 0 Å². The molecule has 0 bridgehead atoms. The fourth-order valence-corrected chi connectivity index (χ4v) is 4.24. The number of aliphatic hydroxyl groups is 1. The third-order valence-corrected chi connectivity index (χ3v) is 5.71. The number of nitrogens with zero attached hydrogens (tertiary/aromatic N) is 1. The molecule has 2 aromatic rings. The van der Waals surface area contributed by atoms with E-state index in [2.05, 4.69) is 48.6 Å². The number of hydrogen-bond donors (Lipinski definition) is 2. The van der Waals surface area contributed by atoms with E-state index in [-0.39, 0.29) is 30.7 Å². The number of methoxy groups -OCH3 is 1. The van der Waals surface area contributed by atoms with Crippen LogP contribution < -0.4 is 10.1 Å². The lowest BCUT2D eigenvalue weighted by Crippen LogP contribution is -2.49. The molecule has 1 fully saturated rings. The van der Waals surface area contributed by atoms with Gasteiger partial charge in [0.2, 0.25) is 0 Å². The highest BCUT2D eigenvalue weighted by molar-refractivity contribution is 5.85. The summed E-state index contributed by atoms with van der Waals surface area (Å²) in [5.41, 5.74) is 1.45. The maximum absolute atomic E-state index is 11.7. The lowest BCUT2D eigenvalue weighted by Gasteiger charge is -2.45. The molecule has 0 saturated heterocycles. The second-order valence-corrected chi connectivity index (χ2v) is 7.95. The summed E-state index contributed by atoms with van der Waals surface area (Å²) in [5, 5.41) is 15.4. The Balaban J connectivity index is 0.00000210. The van der Waals surface area contributed by atoms with Gasteiger partial charge in [-0.25, -0.2) is 0 Å². The highest BCUT2D eigenvalue weighted by Crippen LogP contribution is 2.43. The normalized spacial score (nSPS) is 23.8. The summed E-state index contributed by atoms with van der Waals surface area (Å²) in [6, 6.07) is 18.8. The molecule has 0 aromatic heterocycles. The molecule has 1 saturated carbocycles. The van der Waals surface area contributed by atoms with Gasteiger partial charge >= 0.3 is 0 Å². The van der Waals surface area contributed by atoms with Crippen molar-refractivity contribution in [2.24, 2.45) is 5.92 Å². The van der Waals surface area contributed by atoms with Crippen molar-refractivity contribution in [1.29, 1.82) is 0 Å². The summed E-state index contributed by atoms with van der Waals surface area (Å²) in [7, 11) is 5.82. The molecule has 162 valence electrons. The molecule has 0 spiro atoms. The number of rotatable bonds is 7. The Morgan fingerprint density at radius 1 is 1.10 bits per heavy atom. The highest BCUT2D eigenvalue weighted by Gasteiger charge is 2.43. The molecule has 3 atom stereocenters. The van der Waals surface area contributed by atoms with Gasteiger partial charge in [0.05, 0.1) is 12.7 Å². The van der Waals surface area contributed by atoms with E-state index in [4.69, 9.17) is 4.74 Å². The van der Waals surface area contributed by atoms with Crippen molar-refractivity contribution in [2.75, 3.05) is 27.7 Å². The van der Waals surface area contributed by atoms with Crippen LogP contribution in [0.25, 0.3) is 0 Å². The van der Waals surface area contributed by atoms with Gasteiger partial charge in [-0.05, 0) is 56.6 Å². The van der Waals surface area contributed by atoms with Gasteiger partial charge in [-0.1, -0.05) is 42.5 Å². The Kier molecular flexibility index (Phi) is 10.4. The average molecular weight is 441 g/mol. The minimum absolute atomic E-state index is 0. The minimum atomic E-state index is -0.816. The van der Waals surface area contributed by atoms with E-state index in [0.29, 0.717) is 6.04 Å². The predicted octanol–water partition coefficient (Wildman–Crippen LogP) is 4.25. The summed E-state index contributed by atoms with van der Waals surface area (Å²) >= 11 is 0. The Morgan fingerprint density at radius 3 is 2.48 bits per heavy atom. The first-order valence-corrected chi connectivity index (χ1v) is 9.80. The molecule has 0 aliphatic heterocycles. The summed E-state index contributed by atoms with van der Waals surface area (Å²) < 4.78 is 5.38. The van der Waals surface area contributed by atoms with Crippen molar-refractivity contribution in [3.05, 3.63) is 65.7 Å². The van der Waals surface area contributed by atoms with E-state index >= 15 is 0 Å². The summed E-state index contributed by atoms with van der Waals surface area (Å²) in [6.45, 7) is 1.73. The molecule has 3 rings (SSSR count). The second kappa shape index (κ2) is 11.8. The number of ether oxygens (including phenoxy) is 1. The van der Waals surface area contributed by atoms with Gasteiger partial charge in [-0.15, -0.1) is 24.8 Å². The molecule has 1 aliphatic carbocycles. The van der Waals surface area contributed by atoms with Gasteiger partial charge in [0.25, 0.3) is 0 Å². The predicted molar refractivity (Wildman–Crippen MR) is 124 cm³/mol. The zero-order valence-corrected chi connectivity index (χ0v) is 19.1. The van der Waals surface area contributed by atoms with Crippen LogP contribution in [0, 0.1) is 5.92 Å². The van der Waals surface area contributed by atoms with Gasteiger partial charge < -0.3 is 20.1 Å². The minimum Gasteiger partial charge on any atom is -0.497 e. The van der Waals surface area contributed by atoms with Gasteiger partial charge in [0.1, 0.15) is 5.75 Å². The number of nitrogens with one attached hydrogen (secondary N) is 1. The molecule has 0 heterocycles. The molecule has 4 nitrogen and oxygen atoms in total. The molecular weight excluding hydrogens is 407 g/mol. The molecule has 29 heavy (non-hydrogen) atoms. The van der Waals surface area contributed by atoms with Crippen molar-refractivity contribution in [3.63, 3.8) is 0 Å². The van der Waals surface area contributed by atoms with Crippen LogP contribution in [0.3, 0.4) is 0 Å². The summed E-state index contributed by atoms with van der Waals surface area (Å²) in [4.78, 5) is 2.18. The van der Waals surface area contributed by atoms with Gasteiger partial charge in [0.15, 0.2) is 0 Å². The quantitative estimate of drug-likeness (QED) is 0.675. The molecule has 0 radical (unpaired) electrons. The van der Waals surface area contributed by atoms with Crippen LogP contribution in [0.5, 0.6) is 5.75 Å². The standard InChI is InChI=1S/C23H32N2O2.2ClH/c1-25(2)17-20-14-21(24-16-18-8-5-4-6-9-18)12-13-23(20,26)19-10-7-11-22(15-19)27-3;;/h4-11,15,20-21,24,26H,12-14,16-17H2,1-3H3;2*1H. The zero-order valence-electron chi connectivity index (χ0n) is 17.5. The summed E-state index contributed by atoms with van der Waals surface area (Å²) in [5.74, 6) is 0.968. The van der Waals surface area contributed by atoms with E-state index in [0.717, 1.165) is 43.7 Å². The van der Waals surface area contributed by atoms with Crippen molar-refractivity contribution in [3.8, 4) is 5.75 Å². The zero-order chi connectivity index (χ0) is 19.3. The molecule has 2 N–H and O–H groups in total. The Bertz CT molecular complexity index is 730. The molecule has 6 heteroatoms. The number of hydrogen-bond acceptors (Lipinski definition) is 4. The number of halogens is 2. The maximum Gasteiger partial charge on any atom is 0.119 e. The molecule has 0 amide bonds. The third kappa shape index (κ3) is 6.59. The van der Waals surface area contributed by atoms with E-state index < -0.39 is 5.60 Å². The van der Waals surface area contributed by atoms with Crippen molar-refractivity contribution in [2.45, 2.75) is 37.5 Å². The Morgan fingerprint density at radius 2 is 1.83 bits per heavy atom. The van der Waals surface area contributed by atoms with Crippen LogP contribution >= 0.6 is 24.8 Å². The van der Waals surface area contributed by atoms with E-state index in [1.807, 2.05) is 30.3 Å². The molecule has 2 aromatic carbocycles. The highest BCUT2D eigenvalue weighted by atomic mass is 35.5. The van der Waals surface area contributed by atoms with Crippen molar-refractivity contribution >= 4 is 24.8 Å². The first-order valence-electron chi connectivity index (χ1n) is 9.80. The lowest BCUT2D eigenvalue weighted by molar-refractivity contribution is -0.0694. The van der Waals surface area contributed by atoms with E-state index in [1.165, 1.54) is 5.56 Å². The van der Waals surface area contributed by atoms with E-state index in [1.54, 1.807) is 7.11 Å². The first-order chi connectivity index (χ1) is 13.0. The van der Waals surface area contributed by atoms with Crippen LogP contribution in [0.4, 0.5) is 0 Å². The fourth-order valence-electron chi connectivity index (χ4n) is 4.24. The Labute approximate surface area is 187 Å². The van der Waals surface area contributed by atoms with Gasteiger partial charge in [0, 0.05) is 25.0 Å². The third-order valence-electron chi connectivity index (χ3n) is 5.71. The molecule has 1 aliphatic rings. The second-order valence-electron chi connectivity index (χ2n) is 7.95. The first kappa shape index (κ1) is 25.7. The van der Waals surface area contributed by atoms with Crippen molar-refractivity contribution < 1.29 is 9.84 Å². The van der Waals surface area contributed by atoms with Crippen molar-refractivity contribution in [1.82, 2.24) is 10.2 Å². The van der Waals surface area contributed by atoms with Crippen LogP contribution in [0.1, 0.15) is 30.4 Å². The van der Waals surface area contributed by atoms with Gasteiger partial charge in [-0.2, -0.15) is 0 Å². The Hall–Kier alpha value is -1.30. The van der Waals surface area contributed by atoms with E-state index in [9.17, 15) is 5.11 Å². The monoisotopic (exact) mass is 440 g/mol. The van der Waals surface area contributed by atoms with Crippen LogP contribution in [-0.4, -0.2) is 43.8 Å². The topological polar surface area (TPSA) is 44.7 Å². The summed E-state index contributed by atoms with van der Waals surface area (Å²) in [6.07, 6.45) is 2.67. The largest absolute Gasteiger partial charge is 0.497 e. The number of benzene rings is 2. The van der Waals surface area contributed by atoms with Crippen LogP contribution in [-0.2, 0) is 12.1 Å². The maximum atomic E-state index is 11.7. The van der Waals surface area contributed by atoms with Crippen LogP contribution in [0.15, 0.2) is 54.6 Å². The lowest BCUT2D eigenvalue weighted by atomic mass is 9.69. The van der Waals surface area contributed by atoms with Crippen LogP contribution in [0.2, 0.25) is 0 Å². The molecular formula is C23H34Cl2N2O2. The smallest absolute Gasteiger partial charge is 0.119 e.